The van der Waals surface area contributed by atoms with E-state index in [2.05, 4.69) is 21.2 Å². The van der Waals surface area contributed by atoms with Crippen molar-refractivity contribution in [3.8, 4) is 5.75 Å². The van der Waals surface area contributed by atoms with Crippen LogP contribution >= 0.6 is 39.1 Å². The standard InChI is InChI=1S/C13H12BrCl2NO2/c1-17-6-8-2-3-18-13(8)7-19-12-5-10(15)9(14)4-11(12)16/h2-5,17H,6-7H2,1H3. The van der Waals surface area contributed by atoms with Crippen molar-refractivity contribution < 1.29 is 9.15 Å². The van der Waals surface area contributed by atoms with Gasteiger partial charge in [0, 0.05) is 22.6 Å². The van der Waals surface area contributed by atoms with Gasteiger partial charge in [-0.15, -0.1) is 0 Å². The van der Waals surface area contributed by atoms with E-state index in [0.29, 0.717) is 22.4 Å². The van der Waals surface area contributed by atoms with Crippen molar-refractivity contribution in [2.45, 2.75) is 13.2 Å². The van der Waals surface area contributed by atoms with Gasteiger partial charge in [0.15, 0.2) is 0 Å². The number of rotatable bonds is 5. The first-order valence-corrected chi connectivity index (χ1v) is 7.14. The van der Waals surface area contributed by atoms with Gasteiger partial charge in [-0.1, -0.05) is 23.2 Å². The Morgan fingerprint density at radius 1 is 1.32 bits per heavy atom. The third-order valence-corrected chi connectivity index (χ3v) is 4.03. The highest BCUT2D eigenvalue weighted by molar-refractivity contribution is 9.10. The van der Waals surface area contributed by atoms with Crippen molar-refractivity contribution in [1.82, 2.24) is 5.32 Å². The van der Waals surface area contributed by atoms with Crippen molar-refractivity contribution in [1.29, 1.82) is 0 Å². The molecule has 1 heterocycles. The highest BCUT2D eigenvalue weighted by atomic mass is 79.9. The van der Waals surface area contributed by atoms with Gasteiger partial charge in [-0.25, -0.2) is 0 Å². The zero-order valence-corrected chi connectivity index (χ0v) is 13.3. The van der Waals surface area contributed by atoms with Crippen LogP contribution in [-0.2, 0) is 13.2 Å². The first-order valence-electron chi connectivity index (χ1n) is 5.59. The molecule has 2 aromatic rings. The minimum absolute atomic E-state index is 0.307. The maximum absolute atomic E-state index is 6.09. The number of ether oxygens (including phenoxy) is 1. The van der Waals surface area contributed by atoms with Crippen LogP contribution in [-0.4, -0.2) is 7.05 Å². The maximum Gasteiger partial charge on any atom is 0.146 e. The zero-order valence-electron chi connectivity index (χ0n) is 10.2. The summed E-state index contributed by atoms with van der Waals surface area (Å²) in [7, 11) is 1.88. The van der Waals surface area contributed by atoms with Gasteiger partial charge >= 0.3 is 0 Å². The Kier molecular flexibility index (Phi) is 5.16. The Balaban J connectivity index is 2.10. The molecule has 0 amide bonds. The lowest BCUT2D eigenvalue weighted by Gasteiger charge is -2.09. The molecule has 0 radical (unpaired) electrons. The number of halogens is 3. The van der Waals surface area contributed by atoms with E-state index in [9.17, 15) is 0 Å². The van der Waals surface area contributed by atoms with E-state index in [1.54, 1.807) is 18.4 Å². The van der Waals surface area contributed by atoms with Gasteiger partial charge in [-0.3, -0.25) is 0 Å². The van der Waals surface area contributed by atoms with Crippen LogP contribution in [0.3, 0.4) is 0 Å². The smallest absolute Gasteiger partial charge is 0.146 e. The van der Waals surface area contributed by atoms with Crippen molar-refractivity contribution >= 4 is 39.1 Å². The topological polar surface area (TPSA) is 34.4 Å². The van der Waals surface area contributed by atoms with Crippen LogP contribution in [0.4, 0.5) is 0 Å². The molecule has 1 aromatic heterocycles. The number of hydrogen-bond donors (Lipinski definition) is 1. The number of furan rings is 1. The average Bonchev–Trinajstić information content (AvgIpc) is 2.80. The first-order chi connectivity index (χ1) is 9.11. The van der Waals surface area contributed by atoms with Crippen molar-refractivity contribution in [3.05, 3.63) is 50.3 Å². The molecule has 0 spiro atoms. The Morgan fingerprint density at radius 2 is 2.11 bits per heavy atom. The van der Waals surface area contributed by atoms with Crippen LogP contribution < -0.4 is 10.1 Å². The first kappa shape index (κ1) is 14.7. The van der Waals surface area contributed by atoms with Gasteiger partial charge in [-0.05, 0) is 35.1 Å². The number of hydrogen-bond acceptors (Lipinski definition) is 3. The lowest BCUT2D eigenvalue weighted by atomic mass is 10.2. The van der Waals surface area contributed by atoms with Crippen LogP contribution in [0.2, 0.25) is 10.0 Å². The van der Waals surface area contributed by atoms with Gasteiger partial charge in [0.1, 0.15) is 18.1 Å². The molecule has 19 heavy (non-hydrogen) atoms. The fourth-order valence-electron chi connectivity index (χ4n) is 1.60. The van der Waals surface area contributed by atoms with E-state index in [0.717, 1.165) is 22.3 Å². The number of nitrogens with one attached hydrogen (secondary N) is 1. The van der Waals surface area contributed by atoms with E-state index < -0.39 is 0 Å². The molecule has 2 rings (SSSR count). The van der Waals surface area contributed by atoms with Crippen molar-refractivity contribution in [2.24, 2.45) is 0 Å². The van der Waals surface area contributed by atoms with E-state index in [1.165, 1.54) is 0 Å². The average molecular weight is 365 g/mol. The molecule has 0 saturated carbocycles. The largest absolute Gasteiger partial charge is 0.484 e. The summed E-state index contributed by atoms with van der Waals surface area (Å²) in [6.07, 6.45) is 1.64. The molecule has 1 aromatic carbocycles. The maximum atomic E-state index is 6.09. The molecule has 6 heteroatoms. The molecule has 0 aliphatic carbocycles. The Hall–Kier alpha value is -0.680. The molecule has 0 fully saturated rings. The van der Waals surface area contributed by atoms with Gasteiger partial charge in [-0.2, -0.15) is 0 Å². The molecule has 3 nitrogen and oxygen atoms in total. The summed E-state index contributed by atoms with van der Waals surface area (Å²) in [5.41, 5.74) is 1.06. The molecule has 0 aliphatic rings. The quantitative estimate of drug-likeness (QED) is 0.784. The Bertz CT molecular complexity index is 572. The molecule has 0 atom stereocenters. The summed E-state index contributed by atoms with van der Waals surface area (Å²) in [6, 6.07) is 5.29. The number of benzene rings is 1. The summed E-state index contributed by atoms with van der Waals surface area (Å²) in [5, 5.41) is 4.12. The molecule has 0 aliphatic heterocycles. The molecule has 0 bridgehead atoms. The van der Waals surface area contributed by atoms with E-state index in [1.807, 2.05) is 13.1 Å². The second-order valence-corrected chi connectivity index (χ2v) is 5.55. The molecule has 0 saturated heterocycles. The monoisotopic (exact) mass is 363 g/mol. The third kappa shape index (κ3) is 3.66. The van der Waals surface area contributed by atoms with Crippen LogP contribution in [0.5, 0.6) is 5.75 Å². The lowest BCUT2D eigenvalue weighted by molar-refractivity contribution is 0.268. The Labute approximate surface area is 130 Å². The minimum Gasteiger partial charge on any atom is -0.484 e. The van der Waals surface area contributed by atoms with Gasteiger partial charge in [0.25, 0.3) is 0 Å². The fraction of sp³-hybridized carbons (Fsp3) is 0.231. The highest BCUT2D eigenvalue weighted by Crippen LogP contribution is 2.34. The molecule has 1 N–H and O–H groups in total. The zero-order chi connectivity index (χ0) is 13.8. The van der Waals surface area contributed by atoms with E-state index in [-0.39, 0.29) is 0 Å². The predicted octanol–water partition coefficient (Wildman–Crippen LogP) is 4.65. The summed E-state index contributed by atoms with van der Waals surface area (Å²) < 4.78 is 11.8. The minimum atomic E-state index is 0.307. The van der Waals surface area contributed by atoms with E-state index in [4.69, 9.17) is 32.4 Å². The van der Waals surface area contributed by atoms with Crippen molar-refractivity contribution in [2.75, 3.05) is 7.05 Å². The summed E-state index contributed by atoms with van der Waals surface area (Å²) in [5.74, 6) is 1.30. The van der Waals surface area contributed by atoms with E-state index >= 15 is 0 Å². The lowest BCUT2D eigenvalue weighted by Crippen LogP contribution is -2.07. The molecule has 102 valence electrons. The van der Waals surface area contributed by atoms with Gasteiger partial charge in [0.05, 0.1) is 16.3 Å². The fourth-order valence-corrected chi connectivity index (χ4v) is 2.45. The Morgan fingerprint density at radius 3 is 2.84 bits per heavy atom. The van der Waals surface area contributed by atoms with Crippen LogP contribution in [0.25, 0.3) is 0 Å². The normalized spacial score (nSPS) is 10.7. The summed E-state index contributed by atoms with van der Waals surface area (Å²) in [6.45, 7) is 1.03. The summed E-state index contributed by atoms with van der Waals surface area (Å²) in [4.78, 5) is 0. The SMILES string of the molecule is CNCc1ccoc1COc1cc(Cl)c(Br)cc1Cl. The van der Waals surface area contributed by atoms with Gasteiger partial charge < -0.3 is 14.5 Å². The molecule has 0 unspecified atom stereocenters. The second kappa shape index (κ2) is 6.66. The summed E-state index contributed by atoms with van der Waals surface area (Å²) >= 11 is 15.4. The van der Waals surface area contributed by atoms with Crippen LogP contribution in [0.1, 0.15) is 11.3 Å². The van der Waals surface area contributed by atoms with Crippen LogP contribution in [0, 0.1) is 0 Å². The molecular formula is C13H12BrCl2NO2. The van der Waals surface area contributed by atoms with Crippen molar-refractivity contribution in [3.63, 3.8) is 0 Å². The molecular weight excluding hydrogens is 353 g/mol. The second-order valence-electron chi connectivity index (χ2n) is 3.88. The van der Waals surface area contributed by atoms with Crippen LogP contribution in [0.15, 0.2) is 33.4 Å². The highest BCUT2D eigenvalue weighted by Gasteiger charge is 2.10. The van der Waals surface area contributed by atoms with Gasteiger partial charge in [0.2, 0.25) is 0 Å². The predicted molar refractivity (Wildman–Crippen MR) is 80.0 cm³/mol. The third-order valence-electron chi connectivity index (χ3n) is 2.54.